The number of rotatable bonds is 9. The van der Waals surface area contributed by atoms with Gasteiger partial charge in [-0.25, -0.2) is 13.4 Å². The smallest absolute Gasteiger partial charge is 0.235 e. The summed E-state index contributed by atoms with van der Waals surface area (Å²) in [6.07, 6.45) is 6.62. The van der Waals surface area contributed by atoms with Gasteiger partial charge in [-0.05, 0) is 49.3 Å². The quantitative estimate of drug-likeness (QED) is 0.681. The van der Waals surface area contributed by atoms with E-state index in [0.29, 0.717) is 12.8 Å². The summed E-state index contributed by atoms with van der Waals surface area (Å²) in [5, 5.41) is 2.69. The van der Waals surface area contributed by atoms with E-state index in [1.54, 1.807) is 6.20 Å². The Bertz CT molecular complexity index is 877. The maximum atomic E-state index is 12.2. The van der Waals surface area contributed by atoms with E-state index in [-0.39, 0.29) is 12.3 Å². The number of hydrogen-bond acceptors (Lipinski definition) is 5. The van der Waals surface area contributed by atoms with Crippen LogP contribution in [0.15, 0.2) is 48.7 Å². The molecule has 1 N–H and O–H groups in total. The molecule has 0 unspecified atom stereocenters. The molecule has 29 heavy (non-hydrogen) atoms. The number of anilines is 1. The molecule has 1 amide bonds. The minimum atomic E-state index is -3.41. The average Bonchev–Trinajstić information content (AvgIpc) is 2.73. The van der Waals surface area contributed by atoms with E-state index in [1.807, 2.05) is 42.5 Å². The van der Waals surface area contributed by atoms with Crippen LogP contribution in [0.4, 0.5) is 5.82 Å². The summed E-state index contributed by atoms with van der Waals surface area (Å²) in [6, 6.07) is 13.7. The number of sulfone groups is 1. The van der Waals surface area contributed by atoms with Crippen molar-refractivity contribution in [3.05, 3.63) is 59.8 Å². The number of carbonyl (C=O) groups excluding carboxylic acids is 1. The Hall–Kier alpha value is -2.41. The van der Waals surface area contributed by atoms with Crippen molar-refractivity contribution in [1.82, 2.24) is 10.3 Å². The molecule has 2 aromatic rings. The van der Waals surface area contributed by atoms with Gasteiger partial charge in [0.05, 0.1) is 5.75 Å². The zero-order valence-electron chi connectivity index (χ0n) is 16.7. The van der Waals surface area contributed by atoms with Crippen LogP contribution >= 0.6 is 0 Å². The molecule has 7 heteroatoms. The van der Waals surface area contributed by atoms with Crippen molar-refractivity contribution in [3.8, 4) is 0 Å². The normalized spacial score (nSPS) is 14.6. The topological polar surface area (TPSA) is 79.4 Å². The van der Waals surface area contributed by atoms with Crippen molar-refractivity contribution in [3.63, 3.8) is 0 Å². The van der Waals surface area contributed by atoms with E-state index in [9.17, 15) is 13.2 Å². The van der Waals surface area contributed by atoms with E-state index in [0.717, 1.165) is 30.0 Å². The molecular weight excluding hydrogens is 386 g/mol. The van der Waals surface area contributed by atoms with Crippen molar-refractivity contribution in [1.29, 1.82) is 0 Å². The Labute approximate surface area is 173 Å². The van der Waals surface area contributed by atoms with Crippen LogP contribution in [0.2, 0.25) is 0 Å². The Balaban J connectivity index is 1.40. The highest BCUT2D eigenvalue weighted by Crippen LogP contribution is 2.17. The minimum absolute atomic E-state index is 0.0153. The Kier molecular flexibility index (Phi) is 7.63. The van der Waals surface area contributed by atoms with Crippen LogP contribution in [0.5, 0.6) is 0 Å². The number of nitrogens with zero attached hydrogens (tertiary/aromatic N) is 2. The third-order valence-electron chi connectivity index (χ3n) is 5.09. The summed E-state index contributed by atoms with van der Waals surface area (Å²) < 4.78 is 24.4. The number of benzene rings is 1. The number of hydrogen-bond donors (Lipinski definition) is 1. The van der Waals surface area contributed by atoms with E-state index in [4.69, 9.17) is 0 Å². The van der Waals surface area contributed by atoms with Crippen molar-refractivity contribution in [2.45, 2.75) is 38.6 Å². The number of pyridine rings is 1. The van der Waals surface area contributed by atoms with Gasteiger partial charge in [-0.2, -0.15) is 0 Å². The monoisotopic (exact) mass is 415 g/mol. The lowest BCUT2D eigenvalue weighted by Crippen LogP contribution is -2.31. The molecule has 1 fully saturated rings. The van der Waals surface area contributed by atoms with Gasteiger partial charge in [-0.15, -0.1) is 0 Å². The van der Waals surface area contributed by atoms with Gasteiger partial charge >= 0.3 is 0 Å². The molecule has 1 aliphatic rings. The van der Waals surface area contributed by atoms with Gasteiger partial charge in [0.15, 0.2) is 9.84 Å². The van der Waals surface area contributed by atoms with Crippen molar-refractivity contribution in [2.75, 3.05) is 29.5 Å². The lowest BCUT2D eigenvalue weighted by molar-refractivity contribution is -0.118. The second kappa shape index (κ2) is 10.4. The first kappa shape index (κ1) is 21.3. The Morgan fingerprint density at radius 2 is 1.76 bits per heavy atom. The van der Waals surface area contributed by atoms with E-state index >= 15 is 0 Å². The molecule has 0 spiro atoms. The Morgan fingerprint density at radius 1 is 1.00 bits per heavy atom. The summed E-state index contributed by atoms with van der Waals surface area (Å²) in [7, 11) is -3.41. The molecule has 1 aromatic heterocycles. The minimum Gasteiger partial charge on any atom is -0.357 e. The van der Waals surface area contributed by atoms with Crippen LogP contribution in [0.3, 0.4) is 0 Å². The second-order valence-electron chi connectivity index (χ2n) is 7.53. The molecular formula is C22H29N3O3S. The van der Waals surface area contributed by atoms with Crippen molar-refractivity contribution >= 4 is 21.6 Å². The SMILES string of the molecule is O=C(CS(=O)(=O)CCCc1ccccc1)NCc1ccc(N2CCCCC2)nc1. The number of piperidine rings is 1. The first-order valence-corrected chi connectivity index (χ1v) is 12.0. The fraction of sp³-hybridized carbons (Fsp3) is 0.455. The summed E-state index contributed by atoms with van der Waals surface area (Å²) in [5.74, 6) is 0.0354. The summed E-state index contributed by atoms with van der Waals surface area (Å²) in [5.41, 5.74) is 1.97. The zero-order valence-corrected chi connectivity index (χ0v) is 17.5. The highest BCUT2D eigenvalue weighted by molar-refractivity contribution is 7.92. The largest absolute Gasteiger partial charge is 0.357 e. The molecule has 1 saturated heterocycles. The number of aryl methyl sites for hydroxylation is 1. The predicted molar refractivity (Wildman–Crippen MR) is 116 cm³/mol. The van der Waals surface area contributed by atoms with E-state index in [1.165, 1.54) is 19.3 Å². The summed E-state index contributed by atoms with van der Waals surface area (Å²) in [4.78, 5) is 18.8. The van der Waals surface area contributed by atoms with Gasteiger partial charge < -0.3 is 10.2 Å². The third kappa shape index (κ3) is 7.16. The van der Waals surface area contributed by atoms with Crippen LogP contribution in [-0.2, 0) is 27.6 Å². The molecule has 156 valence electrons. The van der Waals surface area contributed by atoms with Crippen molar-refractivity contribution in [2.24, 2.45) is 0 Å². The molecule has 3 rings (SSSR count). The molecule has 0 aliphatic carbocycles. The molecule has 0 radical (unpaired) electrons. The molecule has 2 heterocycles. The van der Waals surface area contributed by atoms with Crippen LogP contribution in [-0.4, -0.2) is 43.9 Å². The number of amides is 1. The van der Waals surface area contributed by atoms with Crippen LogP contribution in [0.1, 0.15) is 36.8 Å². The van der Waals surface area contributed by atoms with E-state index in [2.05, 4.69) is 15.2 Å². The maximum absolute atomic E-state index is 12.2. The molecule has 0 saturated carbocycles. The lowest BCUT2D eigenvalue weighted by Gasteiger charge is -2.27. The molecule has 6 nitrogen and oxygen atoms in total. The highest BCUT2D eigenvalue weighted by Gasteiger charge is 2.16. The number of carbonyl (C=O) groups is 1. The van der Waals surface area contributed by atoms with Gasteiger partial charge in [-0.1, -0.05) is 36.4 Å². The van der Waals surface area contributed by atoms with Gasteiger partial charge in [-0.3, -0.25) is 4.79 Å². The average molecular weight is 416 g/mol. The Morgan fingerprint density at radius 3 is 2.45 bits per heavy atom. The fourth-order valence-corrected chi connectivity index (χ4v) is 4.73. The van der Waals surface area contributed by atoms with E-state index < -0.39 is 21.5 Å². The van der Waals surface area contributed by atoms with Crippen LogP contribution < -0.4 is 10.2 Å². The molecule has 1 aromatic carbocycles. The van der Waals surface area contributed by atoms with Crippen molar-refractivity contribution < 1.29 is 13.2 Å². The first-order chi connectivity index (χ1) is 14.0. The third-order valence-corrected chi connectivity index (χ3v) is 6.71. The molecule has 0 bridgehead atoms. The summed E-state index contributed by atoms with van der Waals surface area (Å²) in [6.45, 7) is 2.35. The van der Waals surface area contributed by atoms with Crippen LogP contribution in [0, 0.1) is 0 Å². The first-order valence-electron chi connectivity index (χ1n) is 10.2. The fourth-order valence-electron chi connectivity index (χ4n) is 3.50. The standard InChI is InChI=1S/C22H29N3O3S/c26-22(18-29(27,28)15-7-10-19-8-3-1-4-9-19)24-17-20-11-12-21(23-16-20)25-13-5-2-6-14-25/h1,3-4,8-9,11-12,16H,2,5-7,10,13-15,17-18H2,(H,24,26). The number of nitrogens with one attached hydrogen (secondary N) is 1. The van der Waals surface area contributed by atoms with Crippen LogP contribution in [0.25, 0.3) is 0 Å². The van der Waals surface area contributed by atoms with Gasteiger partial charge in [0, 0.05) is 25.8 Å². The van der Waals surface area contributed by atoms with Gasteiger partial charge in [0.1, 0.15) is 11.6 Å². The van der Waals surface area contributed by atoms with Gasteiger partial charge in [0.2, 0.25) is 5.91 Å². The predicted octanol–water partition coefficient (Wildman–Crippen LogP) is 2.74. The summed E-state index contributed by atoms with van der Waals surface area (Å²) >= 11 is 0. The molecule has 0 atom stereocenters. The lowest BCUT2D eigenvalue weighted by atomic mass is 10.1. The second-order valence-corrected chi connectivity index (χ2v) is 9.71. The maximum Gasteiger partial charge on any atom is 0.235 e. The van der Waals surface area contributed by atoms with Gasteiger partial charge in [0.25, 0.3) is 0 Å². The highest BCUT2D eigenvalue weighted by atomic mass is 32.2. The zero-order chi connectivity index (χ0) is 20.5. The molecule has 1 aliphatic heterocycles. The number of aromatic nitrogens is 1.